The van der Waals surface area contributed by atoms with Crippen LogP contribution < -0.4 is 5.32 Å². The van der Waals surface area contributed by atoms with E-state index in [1.54, 1.807) is 6.20 Å². The van der Waals surface area contributed by atoms with Crippen molar-refractivity contribution in [3.63, 3.8) is 0 Å². The van der Waals surface area contributed by atoms with Crippen LogP contribution in [0.25, 0.3) is 5.57 Å². The first-order chi connectivity index (χ1) is 15.5. The van der Waals surface area contributed by atoms with Gasteiger partial charge in [-0.25, -0.2) is 4.98 Å². The molecule has 2 aliphatic rings. The van der Waals surface area contributed by atoms with Crippen LogP contribution in [0.4, 0.5) is 5.69 Å². The lowest BCUT2D eigenvalue weighted by Gasteiger charge is -2.44. The Morgan fingerprint density at radius 2 is 1.91 bits per heavy atom. The molecule has 0 atom stereocenters. The molecule has 0 spiro atoms. The average molecular weight is 450 g/mol. The maximum atomic E-state index is 12.9. The van der Waals surface area contributed by atoms with Crippen molar-refractivity contribution in [1.29, 1.82) is 0 Å². The van der Waals surface area contributed by atoms with E-state index in [1.807, 2.05) is 6.92 Å². The monoisotopic (exact) mass is 449 g/mol. The van der Waals surface area contributed by atoms with Crippen LogP contribution in [0.3, 0.4) is 0 Å². The van der Waals surface area contributed by atoms with Crippen molar-refractivity contribution < 1.29 is 4.79 Å². The molecule has 178 valence electrons. The maximum absolute atomic E-state index is 12.9. The van der Waals surface area contributed by atoms with Crippen LogP contribution in [0.2, 0.25) is 0 Å². The van der Waals surface area contributed by atoms with Crippen LogP contribution in [-0.2, 0) is 5.54 Å². The zero-order valence-corrected chi connectivity index (χ0v) is 21.1. The Balaban J connectivity index is 1.68. The molecule has 1 aromatic carbocycles. The number of likely N-dealkylation sites (N-methyl/N-ethyl adjacent to an activating group) is 1. The van der Waals surface area contributed by atoms with Crippen molar-refractivity contribution in [2.24, 2.45) is 5.41 Å². The van der Waals surface area contributed by atoms with Crippen molar-refractivity contribution in [3.8, 4) is 0 Å². The Kier molecular flexibility index (Phi) is 6.52. The summed E-state index contributed by atoms with van der Waals surface area (Å²) in [5.41, 5.74) is 5.75. The molecule has 0 radical (unpaired) electrons. The van der Waals surface area contributed by atoms with Crippen LogP contribution in [0.15, 0.2) is 30.5 Å². The van der Waals surface area contributed by atoms with E-state index in [4.69, 9.17) is 0 Å². The highest BCUT2D eigenvalue weighted by Crippen LogP contribution is 2.41. The summed E-state index contributed by atoms with van der Waals surface area (Å²) in [7, 11) is 2.19. The van der Waals surface area contributed by atoms with Crippen molar-refractivity contribution >= 4 is 17.2 Å². The normalized spacial score (nSPS) is 19.9. The molecule has 2 N–H and O–H groups in total. The van der Waals surface area contributed by atoms with Gasteiger partial charge in [-0.1, -0.05) is 26.0 Å². The number of anilines is 1. The SMILES string of the molecule is Cc1cnc(C(=O)Nc2ccc(C(C)(C)N3CCN(C)CC3)cc2C2=CCC(C)(C)CC2)[nH]1. The first-order valence-electron chi connectivity index (χ1n) is 12.2. The summed E-state index contributed by atoms with van der Waals surface area (Å²) in [6, 6.07) is 6.57. The van der Waals surface area contributed by atoms with Gasteiger partial charge < -0.3 is 15.2 Å². The number of hydrogen-bond acceptors (Lipinski definition) is 4. The first kappa shape index (κ1) is 23.7. The molecule has 0 unspecified atom stereocenters. The van der Waals surface area contributed by atoms with Crippen LogP contribution in [0.1, 0.15) is 74.4 Å². The minimum atomic E-state index is -0.202. The van der Waals surface area contributed by atoms with E-state index in [9.17, 15) is 4.79 Å². The third-order valence-electron chi connectivity index (χ3n) is 7.50. The smallest absolute Gasteiger partial charge is 0.291 e. The number of benzene rings is 1. The summed E-state index contributed by atoms with van der Waals surface area (Å²) in [5, 5.41) is 3.13. The van der Waals surface area contributed by atoms with Gasteiger partial charge in [-0.3, -0.25) is 9.69 Å². The lowest BCUT2D eigenvalue weighted by molar-refractivity contribution is 0.0606. The fraction of sp³-hybridized carbons (Fsp3) is 0.556. The third-order valence-corrected chi connectivity index (χ3v) is 7.50. The summed E-state index contributed by atoms with van der Waals surface area (Å²) < 4.78 is 0. The van der Waals surface area contributed by atoms with Crippen molar-refractivity contribution in [2.75, 3.05) is 38.5 Å². The minimum absolute atomic E-state index is 0.0782. The molecule has 1 saturated heterocycles. The standard InChI is InChI=1S/C27H39N5O/c1-19-18-28-24(29-19)25(33)30-23-8-7-21(27(4,5)32-15-13-31(6)14-16-32)17-22(23)20-9-11-26(2,3)12-10-20/h7-9,17-18H,10-16H2,1-6H3,(H,28,29)(H,30,33). The highest BCUT2D eigenvalue weighted by atomic mass is 16.2. The molecule has 1 aromatic heterocycles. The summed E-state index contributed by atoms with van der Waals surface area (Å²) in [6.07, 6.45) is 7.28. The number of H-pyrrole nitrogens is 1. The number of carbonyl (C=O) groups is 1. The number of allylic oxidation sites excluding steroid dienone is 2. The number of amides is 1. The number of aromatic nitrogens is 2. The number of nitrogens with one attached hydrogen (secondary N) is 2. The van der Waals surface area contributed by atoms with Crippen LogP contribution in [0, 0.1) is 12.3 Å². The number of piperazine rings is 1. The van der Waals surface area contributed by atoms with Gasteiger partial charge in [0, 0.05) is 54.9 Å². The zero-order valence-electron chi connectivity index (χ0n) is 21.1. The summed E-state index contributed by atoms with van der Waals surface area (Å²) in [5.74, 6) is 0.145. The Bertz CT molecular complexity index is 1040. The summed E-state index contributed by atoms with van der Waals surface area (Å²) in [6.45, 7) is 15.5. The molecule has 1 aliphatic heterocycles. The lowest BCUT2D eigenvalue weighted by Crippen LogP contribution is -2.52. The van der Waals surface area contributed by atoms with Crippen LogP contribution >= 0.6 is 0 Å². The number of aromatic amines is 1. The van der Waals surface area contributed by atoms with E-state index in [0.29, 0.717) is 11.2 Å². The molecule has 0 saturated carbocycles. The predicted molar refractivity (Wildman–Crippen MR) is 135 cm³/mol. The second kappa shape index (κ2) is 9.07. The Labute approximate surface area is 198 Å². The molecule has 6 nitrogen and oxygen atoms in total. The van der Waals surface area contributed by atoms with E-state index < -0.39 is 0 Å². The van der Waals surface area contributed by atoms with Gasteiger partial charge >= 0.3 is 0 Å². The Morgan fingerprint density at radius 3 is 2.52 bits per heavy atom. The van der Waals surface area contributed by atoms with Gasteiger partial charge in [-0.05, 0) is 75.8 Å². The summed E-state index contributed by atoms with van der Waals surface area (Å²) in [4.78, 5) is 25.1. The number of aryl methyl sites for hydroxylation is 1. The van der Waals surface area contributed by atoms with Crippen molar-refractivity contribution in [2.45, 2.75) is 59.4 Å². The van der Waals surface area contributed by atoms with Gasteiger partial charge in [-0.15, -0.1) is 0 Å². The van der Waals surface area contributed by atoms with Crippen LogP contribution in [0.5, 0.6) is 0 Å². The topological polar surface area (TPSA) is 64.3 Å². The minimum Gasteiger partial charge on any atom is -0.338 e. The summed E-state index contributed by atoms with van der Waals surface area (Å²) >= 11 is 0. The van der Waals surface area contributed by atoms with Crippen molar-refractivity contribution in [3.05, 3.63) is 53.1 Å². The fourth-order valence-electron chi connectivity index (χ4n) is 4.88. The zero-order chi connectivity index (χ0) is 23.8. The molecular formula is C27H39N5O. The van der Waals surface area contributed by atoms with Gasteiger partial charge in [0.25, 0.3) is 5.91 Å². The molecule has 6 heteroatoms. The number of rotatable bonds is 5. The highest BCUT2D eigenvalue weighted by Gasteiger charge is 2.32. The predicted octanol–water partition coefficient (Wildman–Crippen LogP) is 5.05. The van der Waals surface area contributed by atoms with Crippen molar-refractivity contribution in [1.82, 2.24) is 19.8 Å². The molecule has 1 fully saturated rings. The van der Waals surface area contributed by atoms with Gasteiger partial charge in [0.15, 0.2) is 5.82 Å². The molecule has 33 heavy (non-hydrogen) atoms. The Morgan fingerprint density at radius 1 is 1.18 bits per heavy atom. The fourth-order valence-corrected chi connectivity index (χ4v) is 4.88. The Hall–Kier alpha value is -2.44. The van der Waals surface area contributed by atoms with E-state index in [2.05, 4.69) is 84.1 Å². The largest absolute Gasteiger partial charge is 0.338 e. The molecule has 1 amide bonds. The average Bonchev–Trinajstić information content (AvgIpc) is 3.21. The lowest BCUT2D eigenvalue weighted by atomic mass is 9.76. The van der Waals surface area contributed by atoms with Gasteiger partial charge in [0.2, 0.25) is 0 Å². The number of hydrogen-bond donors (Lipinski definition) is 2. The van der Waals surface area contributed by atoms with E-state index in [0.717, 1.165) is 62.4 Å². The van der Waals surface area contributed by atoms with Crippen LogP contribution in [-0.4, -0.2) is 58.9 Å². The quantitative estimate of drug-likeness (QED) is 0.671. The highest BCUT2D eigenvalue weighted by molar-refractivity contribution is 6.03. The first-order valence-corrected chi connectivity index (χ1v) is 12.2. The molecule has 1 aliphatic carbocycles. The van der Waals surface area contributed by atoms with Gasteiger partial charge in [0.1, 0.15) is 0 Å². The molecule has 2 heterocycles. The number of imidazole rings is 1. The number of carbonyl (C=O) groups excluding carboxylic acids is 1. The van der Waals surface area contributed by atoms with Gasteiger partial charge in [-0.2, -0.15) is 0 Å². The second-order valence-corrected chi connectivity index (χ2v) is 11.1. The van der Waals surface area contributed by atoms with E-state index in [-0.39, 0.29) is 11.4 Å². The molecule has 2 aromatic rings. The number of nitrogens with zero attached hydrogens (tertiary/aromatic N) is 3. The second-order valence-electron chi connectivity index (χ2n) is 11.1. The third kappa shape index (κ3) is 5.22. The van der Waals surface area contributed by atoms with E-state index >= 15 is 0 Å². The maximum Gasteiger partial charge on any atom is 0.291 e. The molecular weight excluding hydrogens is 410 g/mol. The molecule has 0 bridgehead atoms. The van der Waals surface area contributed by atoms with Gasteiger partial charge in [0.05, 0.1) is 0 Å². The van der Waals surface area contributed by atoms with E-state index in [1.165, 1.54) is 11.1 Å². The molecule has 4 rings (SSSR count).